The van der Waals surface area contributed by atoms with Crippen LogP contribution in [0.25, 0.3) is 0 Å². The molecule has 38 heavy (non-hydrogen) atoms. The third kappa shape index (κ3) is 9.97. The van der Waals surface area contributed by atoms with Crippen LogP contribution in [0.5, 0.6) is 11.5 Å². The maximum Gasteiger partial charge on any atom is 0.514 e. The fourth-order valence-corrected chi connectivity index (χ4v) is 5.71. The van der Waals surface area contributed by atoms with E-state index in [0.29, 0.717) is 5.75 Å². The smallest absolute Gasteiger partial charge is 0.487 e. The lowest BCUT2D eigenvalue weighted by atomic mass is 9.83. The van der Waals surface area contributed by atoms with Gasteiger partial charge in [-0.15, -0.1) is 0 Å². The lowest BCUT2D eigenvalue weighted by Crippen LogP contribution is -2.37. The fourth-order valence-electron chi connectivity index (χ4n) is 5.71. The monoisotopic (exact) mass is 528 g/mol. The third-order valence-electron chi connectivity index (χ3n) is 8.46. The number of ether oxygens (including phenoxy) is 3. The van der Waals surface area contributed by atoms with E-state index in [1.54, 1.807) is 0 Å². The summed E-state index contributed by atoms with van der Waals surface area (Å²) in [6, 6.07) is 0. The Hall–Kier alpha value is -1.97. The van der Waals surface area contributed by atoms with E-state index >= 15 is 0 Å². The minimum Gasteiger partial charge on any atom is -0.487 e. The average Bonchev–Trinajstić information content (AvgIpc) is 2.83. The summed E-state index contributed by atoms with van der Waals surface area (Å²) in [5.74, 6) is 4.04. The first-order valence-corrected chi connectivity index (χ1v) is 15.1. The van der Waals surface area contributed by atoms with Crippen molar-refractivity contribution in [2.24, 2.45) is 17.8 Å². The number of benzene rings is 1. The normalized spacial score (nSPS) is 18.5. The van der Waals surface area contributed by atoms with Crippen LogP contribution in [0, 0.1) is 38.5 Å². The molecule has 0 radical (unpaired) electrons. The summed E-state index contributed by atoms with van der Waals surface area (Å²) in [5.41, 5.74) is 4.75. The predicted octanol–water partition coefficient (Wildman–Crippen LogP) is 10.2. The van der Waals surface area contributed by atoms with Crippen LogP contribution in [0.3, 0.4) is 0 Å². The molecule has 0 fully saturated rings. The van der Waals surface area contributed by atoms with Gasteiger partial charge in [0.25, 0.3) is 0 Å². The lowest BCUT2D eigenvalue weighted by molar-refractivity contribution is 0.0509. The highest BCUT2D eigenvalue weighted by atomic mass is 16.7. The minimum atomic E-state index is -0.685. The second-order valence-electron chi connectivity index (χ2n) is 13.0. The van der Waals surface area contributed by atoms with E-state index in [4.69, 9.17) is 14.2 Å². The van der Waals surface area contributed by atoms with Gasteiger partial charge in [-0.3, -0.25) is 0 Å². The molecule has 0 bridgehead atoms. The second kappa shape index (κ2) is 15.0. The first-order chi connectivity index (χ1) is 17.8. The molecule has 0 saturated carbocycles. The molecule has 0 saturated heterocycles. The van der Waals surface area contributed by atoms with Gasteiger partial charge in [0.2, 0.25) is 0 Å². The van der Waals surface area contributed by atoms with Crippen molar-refractivity contribution in [2.45, 2.75) is 139 Å². The predicted molar refractivity (Wildman–Crippen MR) is 160 cm³/mol. The molecule has 4 heteroatoms. The summed E-state index contributed by atoms with van der Waals surface area (Å²) < 4.78 is 17.5. The summed E-state index contributed by atoms with van der Waals surface area (Å²) in [7, 11) is 0. The number of rotatable bonds is 15. The largest absolute Gasteiger partial charge is 0.514 e. The molecule has 1 aliphatic rings. The molecular weight excluding hydrogens is 472 g/mol. The Morgan fingerprint density at radius 2 is 1.50 bits per heavy atom. The van der Waals surface area contributed by atoms with Crippen molar-refractivity contribution in [3.63, 3.8) is 0 Å². The quantitative estimate of drug-likeness (QED) is 0.129. The highest BCUT2D eigenvalue weighted by molar-refractivity contribution is 5.68. The molecule has 4 nitrogen and oxygen atoms in total. The Morgan fingerprint density at radius 3 is 2.08 bits per heavy atom. The van der Waals surface area contributed by atoms with Gasteiger partial charge in [-0.2, -0.15) is 0 Å². The van der Waals surface area contributed by atoms with Crippen molar-refractivity contribution in [1.29, 1.82) is 0 Å². The first-order valence-electron chi connectivity index (χ1n) is 15.1. The van der Waals surface area contributed by atoms with Crippen molar-refractivity contribution in [3.8, 4) is 11.5 Å². The van der Waals surface area contributed by atoms with Crippen molar-refractivity contribution in [1.82, 2.24) is 0 Å². The topological polar surface area (TPSA) is 44.8 Å². The number of fused-ring (bicyclic) bond motifs is 1. The second-order valence-corrected chi connectivity index (χ2v) is 13.0. The van der Waals surface area contributed by atoms with Crippen molar-refractivity contribution in [2.75, 3.05) is 6.61 Å². The summed E-state index contributed by atoms with van der Waals surface area (Å²) in [6.07, 6.45) is 13.0. The maximum atomic E-state index is 12.2. The lowest BCUT2D eigenvalue weighted by Gasteiger charge is -2.38. The minimum absolute atomic E-state index is 0.149. The van der Waals surface area contributed by atoms with E-state index in [1.807, 2.05) is 20.8 Å². The zero-order chi connectivity index (χ0) is 28.5. The Labute approximate surface area is 233 Å². The number of carbonyl (C=O) groups is 1. The molecule has 0 amide bonds. The molecule has 3 unspecified atom stereocenters. The molecule has 0 aliphatic carbocycles. The van der Waals surface area contributed by atoms with Gasteiger partial charge >= 0.3 is 6.16 Å². The van der Waals surface area contributed by atoms with Crippen molar-refractivity contribution in [3.05, 3.63) is 34.4 Å². The van der Waals surface area contributed by atoms with E-state index in [9.17, 15) is 4.79 Å². The fraction of sp³-hybridized carbons (Fsp3) is 0.735. The van der Waals surface area contributed by atoms with E-state index in [0.717, 1.165) is 70.6 Å². The standard InChI is InChI=1S/C34H56O4/c1-23(2)14-11-15-25(5)16-12-17-26(6)18-13-20-34(10)21-19-30-29(9)31(27(7)28(8)32(30)38-34)37-33(35)36-22-24(3)4/h23,25-26H,3,11-22H2,1-2,4-10H3. The van der Waals surface area contributed by atoms with Crippen LogP contribution in [-0.4, -0.2) is 18.4 Å². The van der Waals surface area contributed by atoms with Gasteiger partial charge in [0.15, 0.2) is 0 Å². The van der Waals surface area contributed by atoms with E-state index in [1.165, 1.54) is 51.4 Å². The van der Waals surface area contributed by atoms with Gasteiger partial charge in [0.1, 0.15) is 23.7 Å². The van der Waals surface area contributed by atoms with Crippen molar-refractivity contribution < 1.29 is 19.0 Å². The zero-order valence-corrected chi connectivity index (χ0v) is 26.1. The summed E-state index contributed by atoms with van der Waals surface area (Å²) in [4.78, 5) is 12.2. The molecule has 1 aromatic rings. The van der Waals surface area contributed by atoms with Gasteiger partial charge in [-0.25, -0.2) is 4.79 Å². The van der Waals surface area contributed by atoms with E-state index in [2.05, 4.69) is 48.1 Å². The van der Waals surface area contributed by atoms with Crippen LogP contribution in [0.15, 0.2) is 12.2 Å². The van der Waals surface area contributed by atoms with Gasteiger partial charge in [0, 0.05) is 5.56 Å². The SMILES string of the molecule is C=C(C)COC(=O)Oc1c(C)c(C)c2c(c1C)CCC(C)(CCCC(C)CCCC(C)CCCC(C)C)O2. The van der Waals surface area contributed by atoms with Crippen LogP contribution in [0.4, 0.5) is 4.79 Å². The highest BCUT2D eigenvalue weighted by Gasteiger charge is 2.35. The van der Waals surface area contributed by atoms with Crippen LogP contribution in [0.1, 0.15) is 128 Å². The molecule has 1 heterocycles. The molecular formula is C34H56O4. The zero-order valence-electron chi connectivity index (χ0n) is 26.1. The van der Waals surface area contributed by atoms with Gasteiger partial charge in [0.05, 0.1) is 0 Å². The average molecular weight is 529 g/mol. The molecule has 216 valence electrons. The molecule has 0 aromatic heterocycles. The van der Waals surface area contributed by atoms with E-state index in [-0.39, 0.29) is 12.2 Å². The molecule has 1 aromatic carbocycles. The number of hydrogen-bond acceptors (Lipinski definition) is 4. The first kappa shape index (κ1) is 32.2. The van der Waals surface area contributed by atoms with E-state index < -0.39 is 6.16 Å². The number of hydrogen-bond donors (Lipinski definition) is 0. The summed E-state index contributed by atoms with van der Waals surface area (Å²) in [6.45, 7) is 23.6. The van der Waals surface area contributed by atoms with Crippen LogP contribution < -0.4 is 9.47 Å². The van der Waals surface area contributed by atoms with Crippen molar-refractivity contribution >= 4 is 6.16 Å². The Kier molecular flexibility index (Phi) is 12.7. The van der Waals surface area contributed by atoms with Crippen LogP contribution in [0.2, 0.25) is 0 Å². The Morgan fingerprint density at radius 1 is 0.921 bits per heavy atom. The van der Waals surface area contributed by atoms with Gasteiger partial charge in [-0.1, -0.05) is 79.2 Å². The van der Waals surface area contributed by atoms with Crippen LogP contribution >= 0.6 is 0 Å². The third-order valence-corrected chi connectivity index (χ3v) is 8.46. The van der Waals surface area contributed by atoms with Crippen LogP contribution in [-0.2, 0) is 11.2 Å². The Balaban J connectivity index is 1.87. The summed E-state index contributed by atoms with van der Waals surface area (Å²) >= 11 is 0. The molecule has 0 N–H and O–H groups in total. The van der Waals surface area contributed by atoms with Gasteiger partial charge in [-0.05, 0) is 100 Å². The molecule has 1 aliphatic heterocycles. The van der Waals surface area contributed by atoms with Gasteiger partial charge < -0.3 is 14.2 Å². The maximum absolute atomic E-state index is 12.2. The molecule has 2 rings (SSSR count). The number of carbonyl (C=O) groups excluding carboxylic acids is 1. The highest BCUT2D eigenvalue weighted by Crippen LogP contribution is 2.45. The molecule has 3 atom stereocenters. The Bertz CT molecular complexity index is 931. The molecule has 0 spiro atoms. The summed E-state index contributed by atoms with van der Waals surface area (Å²) in [5, 5.41) is 0.